The highest BCUT2D eigenvalue weighted by Crippen LogP contribution is 2.24. The van der Waals surface area contributed by atoms with Crippen molar-refractivity contribution in [2.45, 2.75) is 26.2 Å². The Morgan fingerprint density at radius 1 is 1.04 bits per heavy atom. The molecule has 4 nitrogen and oxygen atoms in total. The van der Waals surface area contributed by atoms with E-state index in [1.54, 1.807) is 31.2 Å². The van der Waals surface area contributed by atoms with Crippen molar-refractivity contribution in [1.82, 2.24) is 0 Å². The van der Waals surface area contributed by atoms with E-state index < -0.39 is 35.3 Å². The number of hydrogen-bond acceptors (Lipinski definition) is 2. The van der Waals surface area contributed by atoms with E-state index in [2.05, 4.69) is 5.32 Å². The van der Waals surface area contributed by atoms with Crippen LogP contribution in [0, 0.1) is 17.6 Å². The van der Waals surface area contributed by atoms with Crippen molar-refractivity contribution < 1.29 is 23.5 Å². The van der Waals surface area contributed by atoms with Gasteiger partial charge in [-0.25, -0.2) is 8.78 Å². The van der Waals surface area contributed by atoms with Crippen LogP contribution < -0.4 is 5.32 Å². The minimum atomic E-state index is -0.993. The summed E-state index contributed by atoms with van der Waals surface area (Å²) < 4.78 is 27.5. The monoisotopic (exact) mass is 347 g/mol. The van der Waals surface area contributed by atoms with Gasteiger partial charge in [0.15, 0.2) is 0 Å². The molecule has 2 unspecified atom stereocenters. The first-order valence-electron chi connectivity index (χ1n) is 7.86. The number of anilines is 1. The minimum absolute atomic E-state index is 0.271. The van der Waals surface area contributed by atoms with Crippen LogP contribution >= 0.6 is 0 Å². The number of amides is 1. The van der Waals surface area contributed by atoms with Gasteiger partial charge in [0.25, 0.3) is 0 Å². The molecule has 2 aromatic carbocycles. The zero-order chi connectivity index (χ0) is 18.6. The van der Waals surface area contributed by atoms with Gasteiger partial charge in [-0.05, 0) is 43.2 Å². The van der Waals surface area contributed by atoms with E-state index in [1.165, 1.54) is 13.0 Å². The lowest BCUT2D eigenvalue weighted by molar-refractivity contribution is -0.141. The first-order valence-corrected chi connectivity index (χ1v) is 7.86. The molecule has 25 heavy (non-hydrogen) atoms. The quantitative estimate of drug-likeness (QED) is 0.831. The van der Waals surface area contributed by atoms with Gasteiger partial charge in [-0.1, -0.05) is 25.1 Å². The maximum Gasteiger partial charge on any atom is 0.306 e. The Bertz CT molecular complexity index is 754. The molecule has 2 rings (SSSR count). The molecule has 0 bridgehead atoms. The van der Waals surface area contributed by atoms with Crippen LogP contribution in [-0.2, 0) is 16.0 Å². The van der Waals surface area contributed by atoms with Gasteiger partial charge in [-0.3, -0.25) is 9.59 Å². The fourth-order valence-electron chi connectivity index (χ4n) is 2.47. The number of halogens is 2. The van der Waals surface area contributed by atoms with Gasteiger partial charge in [0.2, 0.25) is 5.91 Å². The molecule has 0 heterocycles. The van der Waals surface area contributed by atoms with Crippen LogP contribution in [0.3, 0.4) is 0 Å². The number of carboxylic acids is 1. The highest BCUT2D eigenvalue weighted by atomic mass is 19.1. The molecular formula is C19H19F2NO3. The summed E-state index contributed by atoms with van der Waals surface area (Å²) in [7, 11) is 0. The lowest BCUT2D eigenvalue weighted by Crippen LogP contribution is -2.20. The predicted molar refractivity (Wildman–Crippen MR) is 90.3 cm³/mol. The molecule has 0 aliphatic rings. The zero-order valence-electron chi connectivity index (χ0n) is 13.9. The SMILES string of the molecule is CC(Cc1ccc(NC(=O)C(C)c2c(F)cccc2F)cc1)C(=O)O. The Hall–Kier alpha value is -2.76. The van der Waals surface area contributed by atoms with E-state index in [9.17, 15) is 18.4 Å². The minimum Gasteiger partial charge on any atom is -0.481 e. The number of benzene rings is 2. The number of hydrogen-bond donors (Lipinski definition) is 2. The summed E-state index contributed by atoms with van der Waals surface area (Å²) in [5.41, 5.74) is 1.02. The summed E-state index contributed by atoms with van der Waals surface area (Å²) in [6, 6.07) is 10.2. The highest BCUT2D eigenvalue weighted by molar-refractivity contribution is 5.95. The van der Waals surface area contributed by atoms with E-state index in [-0.39, 0.29) is 5.56 Å². The second kappa shape index (κ2) is 7.88. The Morgan fingerprint density at radius 2 is 1.60 bits per heavy atom. The van der Waals surface area contributed by atoms with Crippen LogP contribution in [0.5, 0.6) is 0 Å². The molecule has 0 spiro atoms. The molecule has 0 aliphatic heterocycles. The molecule has 132 valence electrons. The highest BCUT2D eigenvalue weighted by Gasteiger charge is 2.22. The lowest BCUT2D eigenvalue weighted by Gasteiger charge is -2.14. The Balaban J connectivity index is 2.06. The molecular weight excluding hydrogens is 328 g/mol. The second-order valence-electron chi connectivity index (χ2n) is 5.99. The number of nitrogens with one attached hydrogen (secondary N) is 1. The Kier molecular flexibility index (Phi) is 5.85. The molecule has 6 heteroatoms. The number of carboxylic acid groups (broad SMARTS) is 1. The second-order valence-corrected chi connectivity index (χ2v) is 5.99. The number of carbonyl (C=O) groups is 2. The van der Waals surface area contributed by atoms with Crippen molar-refractivity contribution in [3.63, 3.8) is 0 Å². The average Bonchev–Trinajstić information content (AvgIpc) is 2.56. The number of aliphatic carboxylic acids is 1. The summed E-state index contributed by atoms with van der Waals surface area (Å²) in [6.07, 6.45) is 0.375. The molecule has 0 aromatic heterocycles. The van der Waals surface area contributed by atoms with Crippen LogP contribution in [0.2, 0.25) is 0 Å². The van der Waals surface area contributed by atoms with Crippen LogP contribution in [0.4, 0.5) is 14.5 Å². The van der Waals surface area contributed by atoms with Crippen LogP contribution in [-0.4, -0.2) is 17.0 Å². The van der Waals surface area contributed by atoms with Gasteiger partial charge >= 0.3 is 5.97 Å². The topological polar surface area (TPSA) is 66.4 Å². The van der Waals surface area contributed by atoms with E-state index in [1.807, 2.05) is 0 Å². The molecule has 2 atom stereocenters. The van der Waals surface area contributed by atoms with Crippen molar-refractivity contribution >= 4 is 17.6 Å². The third kappa shape index (κ3) is 4.62. The summed E-state index contributed by atoms with van der Waals surface area (Å²) in [5.74, 6) is -4.44. The van der Waals surface area contributed by atoms with Crippen molar-refractivity contribution in [3.8, 4) is 0 Å². The smallest absolute Gasteiger partial charge is 0.306 e. The van der Waals surface area contributed by atoms with E-state index in [4.69, 9.17) is 5.11 Å². The molecule has 0 fully saturated rings. The van der Waals surface area contributed by atoms with Crippen LogP contribution in [0.15, 0.2) is 42.5 Å². The van der Waals surface area contributed by atoms with Gasteiger partial charge in [0.05, 0.1) is 11.8 Å². The molecule has 2 N–H and O–H groups in total. The Morgan fingerprint density at radius 3 is 2.12 bits per heavy atom. The first kappa shape index (κ1) is 18.6. The van der Waals surface area contributed by atoms with Crippen LogP contribution in [0.1, 0.15) is 30.9 Å². The van der Waals surface area contributed by atoms with Crippen LogP contribution in [0.25, 0.3) is 0 Å². The molecule has 0 radical (unpaired) electrons. The fourth-order valence-corrected chi connectivity index (χ4v) is 2.47. The maximum absolute atomic E-state index is 13.8. The Labute approximate surface area is 144 Å². The normalized spacial score (nSPS) is 13.1. The van der Waals surface area contributed by atoms with Crippen molar-refractivity contribution in [1.29, 1.82) is 0 Å². The van der Waals surface area contributed by atoms with Crippen molar-refractivity contribution in [2.24, 2.45) is 5.92 Å². The molecule has 1 amide bonds. The number of carbonyl (C=O) groups excluding carboxylic acids is 1. The molecule has 0 saturated carbocycles. The zero-order valence-corrected chi connectivity index (χ0v) is 13.9. The van der Waals surface area contributed by atoms with Gasteiger partial charge < -0.3 is 10.4 Å². The first-order chi connectivity index (χ1) is 11.8. The summed E-state index contributed by atoms with van der Waals surface area (Å²) >= 11 is 0. The third-order valence-electron chi connectivity index (χ3n) is 4.01. The van der Waals surface area contributed by atoms with Crippen molar-refractivity contribution in [3.05, 3.63) is 65.2 Å². The molecule has 0 saturated heterocycles. The van der Waals surface area contributed by atoms with E-state index >= 15 is 0 Å². The maximum atomic E-state index is 13.8. The standard InChI is InChI=1S/C19H19F2NO3/c1-11(19(24)25)10-13-6-8-14(9-7-13)22-18(23)12(2)17-15(20)4-3-5-16(17)21/h3-9,11-12H,10H2,1-2H3,(H,22,23)(H,24,25). The van der Waals surface area contributed by atoms with Gasteiger partial charge in [-0.2, -0.15) is 0 Å². The van der Waals surface area contributed by atoms with Crippen molar-refractivity contribution in [2.75, 3.05) is 5.32 Å². The summed E-state index contributed by atoms with van der Waals surface area (Å²) in [6.45, 7) is 3.04. The van der Waals surface area contributed by atoms with Gasteiger partial charge in [-0.15, -0.1) is 0 Å². The predicted octanol–water partition coefficient (Wildman–Crippen LogP) is 3.97. The van der Waals surface area contributed by atoms with E-state index in [0.717, 1.165) is 17.7 Å². The average molecular weight is 347 g/mol. The fraction of sp³-hybridized carbons (Fsp3) is 0.263. The summed E-state index contributed by atoms with van der Waals surface area (Å²) in [4.78, 5) is 23.1. The third-order valence-corrected chi connectivity index (χ3v) is 4.01. The largest absolute Gasteiger partial charge is 0.481 e. The summed E-state index contributed by atoms with van der Waals surface area (Å²) in [5, 5.41) is 11.5. The van der Waals surface area contributed by atoms with Gasteiger partial charge in [0.1, 0.15) is 11.6 Å². The van der Waals surface area contributed by atoms with E-state index in [0.29, 0.717) is 12.1 Å². The lowest BCUT2D eigenvalue weighted by atomic mass is 9.98. The molecule has 0 aliphatic carbocycles. The number of rotatable bonds is 6. The molecule has 2 aromatic rings. The van der Waals surface area contributed by atoms with Gasteiger partial charge in [0, 0.05) is 11.3 Å².